The van der Waals surface area contributed by atoms with Gasteiger partial charge in [0.15, 0.2) is 0 Å². The highest BCUT2D eigenvalue weighted by molar-refractivity contribution is 9.10. The number of hydrogen-bond acceptors (Lipinski definition) is 2. The summed E-state index contributed by atoms with van der Waals surface area (Å²) in [6, 6.07) is 18.5. The number of halogens is 1. The molecule has 0 radical (unpaired) electrons. The number of hydrogen-bond donors (Lipinski definition) is 1. The molecule has 108 valence electrons. The molecule has 0 amide bonds. The van der Waals surface area contributed by atoms with E-state index in [-0.39, 0.29) is 5.54 Å². The molecule has 0 saturated heterocycles. The van der Waals surface area contributed by atoms with Gasteiger partial charge in [-0.25, -0.2) is 0 Å². The molecule has 0 fully saturated rings. The minimum Gasteiger partial charge on any atom is -0.379 e. The minimum absolute atomic E-state index is 0.0811. The molecule has 0 aliphatic carbocycles. The molecule has 0 aromatic heterocycles. The fourth-order valence-corrected chi connectivity index (χ4v) is 2.73. The number of anilines is 1. The van der Waals surface area contributed by atoms with Crippen LogP contribution in [0.2, 0.25) is 0 Å². The number of nitrogens with zero attached hydrogens (tertiary/aromatic N) is 1. The largest absolute Gasteiger partial charge is 0.379 e. The molecule has 3 heteroatoms. The van der Waals surface area contributed by atoms with Crippen molar-refractivity contribution >= 4 is 21.6 Å². The van der Waals surface area contributed by atoms with E-state index in [9.17, 15) is 5.26 Å². The van der Waals surface area contributed by atoms with Gasteiger partial charge in [-0.1, -0.05) is 36.4 Å². The summed E-state index contributed by atoms with van der Waals surface area (Å²) in [5, 5.41) is 12.8. The maximum atomic E-state index is 9.28. The third-order valence-corrected chi connectivity index (χ3v) is 4.14. The Kier molecular flexibility index (Phi) is 5.03. The third-order valence-electron chi connectivity index (χ3n) is 3.48. The molecule has 2 aromatic carbocycles. The van der Waals surface area contributed by atoms with Gasteiger partial charge in [0.25, 0.3) is 0 Å². The van der Waals surface area contributed by atoms with E-state index in [0.717, 1.165) is 23.0 Å². The smallest absolute Gasteiger partial charge is 0.103 e. The number of nitriles is 1. The molecule has 2 rings (SSSR count). The van der Waals surface area contributed by atoms with E-state index in [0.29, 0.717) is 5.56 Å². The molecule has 0 spiro atoms. The highest BCUT2D eigenvalue weighted by Gasteiger charge is 2.19. The Bertz CT molecular complexity index is 642. The van der Waals surface area contributed by atoms with E-state index in [1.165, 1.54) is 5.56 Å². The zero-order chi connectivity index (χ0) is 15.3. The van der Waals surface area contributed by atoms with Crippen molar-refractivity contribution in [2.24, 2.45) is 0 Å². The third kappa shape index (κ3) is 4.34. The minimum atomic E-state index is -0.0811. The monoisotopic (exact) mass is 342 g/mol. The first-order valence-electron chi connectivity index (χ1n) is 7.02. The molecular weight excluding hydrogens is 324 g/mol. The van der Waals surface area contributed by atoms with Crippen molar-refractivity contribution in [2.45, 2.75) is 32.2 Å². The van der Waals surface area contributed by atoms with E-state index >= 15 is 0 Å². The molecule has 2 nitrogen and oxygen atoms in total. The van der Waals surface area contributed by atoms with Gasteiger partial charge in [-0.15, -0.1) is 0 Å². The predicted octanol–water partition coefficient (Wildman–Crippen LogP) is 5.14. The molecule has 0 saturated carbocycles. The fraction of sp³-hybridized carbons (Fsp3) is 0.278. The average molecular weight is 343 g/mol. The van der Waals surface area contributed by atoms with E-state index in [2.05, 4.69) is 65.4 Å². The SMILES string of the molecule is CC(C)(CCc1ccccc1)Nc1cccc(Br)c1C#N. The fourth-order valence-electron chi connectivity index (χ4n) is 2.27. The van der Waals surface area contributed by atoms with Crippen LogP contribution in [0.15, 0.2) is 53.0 Å². The van der Waals surface area contributed by atoms with Crippen LogP contribution in [-0.2, 0) is 6.42 Å². The van der Waals surface area contributed by atoms with Crippen molar-refractivity contribution in [3.05, 3.63) is 64.1 Å². The number of nitrogens with one attached hydrogen (secondary N) is 1. The van der Waals surface area contributed by atoms with E-state index < -0.39 is 0 Å². The first-order valence-corrected chi connectivity index (χ1v) is 7.82. The zero-order valence-electron chi connectivity index (χ0n) is 12.4. The number of aryl methyl sites for hydroxylation is 1. The van der Waals surface area contributed by atoms with Crippen LogP contribution in [0.4, 0.5) is 5.69 Å². The second-order valence-corrected chi connectivity index (χ2v) is 6.62. The summed E-state index contributed by atoms with van der Waals surface area (Å²) in [5.74, 6) is 0. The predicted molar refractivity (Wildman–Crippen MR) is 91.3 cm³/mol. The Balaban J connectivity index is 2.08. The van der Waals surface area contributed by atoms with Crippen LogP contribution in [0.25, 0.3) is 0 Å². The topological polar surface area (TPSA) is 35.8 Å². The van der Waals surface area contributed by atoms with Gasteiger partial charge in [0.1, 0.15) is 6.07 Å². The standard InChI is InChI=1S/C18H19BrN2/c1-18(2,12-11-14-7-4-3-5-8-14)21-17-10-6-9-16(19)15(17)13-20/h3-10,21H,11-12H2,1-2H3. The molecule has 0 aliphatic heterocycles. The summed E-state index contributed by atoms with van der Waals surface area (Å²) in [6.07, 6.45) is 2.01. The van der Waals surface area contributed by atoms with Crippen molar-refractivity contribution in [3.63, 3.8) is 0 Å². The lowest BCUT2D eigenvalue weighted by Gasteiger charge is -2.28. The molecule has 0 heterocycles. The normalized spacial score (nSPS) is 11.0. The van der Waals surface area contributed by atoms with Crippen LogP contribution in [0.3, 0.4) is 0 Å². The van der Waals surface area contributed by atoms with Gasteiger partial charge in [0.2, 0.25) is 0 Å². The molecule has 0 aliphatic rings. The highest BCUT2D eigenvalue weighted by Crippen LogP contribution is 2.27. The Morgan fingerprint density at radius 3 is 2.48 bits per heavy atom. The molecule has 1 N–H and O–H groups in total. The van der Waals surface area contributed by atoms with Crippen LogP contribution in [0, 0.1) is 11.3 Å². The second kappa shape index (κ2) is 6.78. The lowest BCUT2D eigenvalue weighted by molar-refractivity contribution is 0.518. The second-order valence-electron chi connectivity index (χ2n) is 5.77. The van der Waals surface area contributed by atoms with Crippen molar-refractivity contribution in [3.8, 4) is 6.07 Å². The molecule has 2 aromatic rings. The quantitative estimate of drug-likeness (QED) is 0.815. The maximum Gasteiger partial charge on any atom is 0.103 e. The van der Waals surface area contributed by atoms with E-state index in [1.807, 2.05) is 24.3 Å². The molecule has 0 unspecified atom stereocenters. The van der Waals surface area contributed by atoms with E-state index in [1.54, 1.807) is 0 Å². The van der Waals surface area contributed by atoms with Crippen molar-refractivity contribution in [2.75, 3.05) is 5.32 Å². The van der Waals surface area contributed by atoms with Crippen LogP contribution in [0.1, 0.15) is 31.4 Å². The average Bonchev–Trinajstić information content (AvgIpc) is 2.46. The first-order chi connectivity index (χ1) is 10.0. The lowest BCUT2D eigenvalue weighted by Crippen LogP contribution is -2.31. The molecule has 0 bridgehead atoms. The Morgan fingerprint density at radius 1 is 1.10 bits per heavy atom. The van der Waals surface area contributed by atoms with Crippen LogP contribution in [-0.4, -0.2) is 5.54 Å². The molecule has 0 atom stereocenters. The summed E-state index contributed by atoms with van der Waals surface area (Å²) >= 11 is 3.43. The first kappa shape index (κ1) is 15.6. The van der Waals surface area contributed by atoms with Gasteiger partial charge in [-0.2, -0.15) is 5.26 Å². The summed E-state index contributed by atoms with van der Waals surface area (Å²) < 4.78 is 0.828. The van der Waals surface area contributed by atoms with Crippen LogP contribution in [0.5, 0.6) is 0 Å². The van der Waals surface area contributed by atoms with Gasteiger partial charge in [-0.05, 0) is 60.3 Å². The van der Waals surface area contributed by atoms with Crippen LogP contribution < -0.4 is 5.32 Å². The maximum absolute atomic E-state index is 9.28. The van der Waals surface area contributed by atoms with Gasteiger partial charge in [0.05, 0.1) is 11.3 Å². The van der Waals surface area contributed by atoms with Crippen molar-refractivity contribution in [1.29, 1.82) is 5.26 Å². The van der Waals surface area contributed by atoms with Gasteiger partial charge < -0.3 is 5.32 Å². The summed E-state index contributed by atoms with van der Waals surface area (Å²) in [7, 11) is 0. The Morgan fingerprint density at radius 2 is 1.81 bits per heavy atom. The van der Waals surface area contributed by atoms with Crippen LogP contribution >= 0.6 is 15.9 Å². The van der Waals surface area contributed by atoms with Gasteiger partial charge in [0, 0.05) is 10.0 Å². The summed E-state index contributed by atoms with van der Waals surface area (Å²) in [6.45, 7) is 4.33. The molecular formula is C18H19BrN2. The van der Waals surface area contributed by atoms with Crippen molar-refractivity contribution in [1.82, 2.24) is 0 Å². The van der Waals surface area contributed by atoms with Crippen molar-refractivity contribution < 1.29 is 0 Å². The van der Waals surface area contributed by atoms with Gasteiger partial charge in [-0.3, -0.25) is 0 Å². The summed E-state index contributed by atoms with van der Waals surface area (Å²) in [5.41, 5.74) is 2.79. The highest BCUT2D eigenvalue weighted by atomic mass is 79.9. The molecule has 21 heavy (non-hydrogen) atoms. The Labute approximate surface area is 134 Å². The number of benzene rings is 2. The van der Waals surface area contributed by atoms with E-state index in [4.69, 9.17) is 0 Å². The Hall–Kier alpha value is -1.79. The van der Waals surface area contributed by atoms with Gasteiger partial charge >= 0.3 is 0 Å². The lowest BCUT2D eigenvalue weighted by atomic mass is 9.94. The summed E-state index contributed by atoms with van der Waals surface area (Å²) in [4.78, 5) is 0. The zero-order valence-corrected chi connectivity index (χ0v) is 13.9. The number of rotatable bonds is 5.